The number of amidine groups is 1. The van der Waals surface area contributed by atoms with Crippen molar-refractivity contribution in [2.24, 2.45) is 9.98 Å². The van der Waals surface area contributed by atoms with E-state index >= 15 is 0 Å². The minimum atomic E-state index is 0.122. The van der Waals surface area contributed by atoms with Crippen LogP contribution in [0.4, 0.5) is 0 Å². The summed E-state index contributed by atoms with van der Waals surface area (Å²) in [6.07, 6.45) is 0. The summed E-state index contributed by atoms with van der Waals surface area (Å²) in [6.45, 7) is 16.4. The number of rotatable bonds is 1. The van der Waals surface area contributed by atoms with Gasteiger partial charge in [0.05, 0.1) is 6.54 Å². The molecule has 0 aliphatic carbocycles. The van der Waals surface area contributed by atoms with E-state index in [4.69, 9.17) is 0 Å². The lowest BCUT2D eigenvalue weighted by atomic mass is 9.74. The van der Waals surface area contributed by atoms with Gasteiger partial charge in [0.25, 0.3) is 0 Å². The SMILES string of the molecule is CC1=NC(c2ccc(C(C)(C)C)c(C(C)(C)C)c2)=NC1. The molecular weight excluding hydrogens is 244 g/mol. The fourth-order valence-electron chi connectivity index (χ4n) is 2.55. The van der Waals surface area contributed by atoms with Crippen molar-refractivity contribution in [3.8, 4) is 0 Å². The van der Waals surface area contributed by atoms with Gasteiger partial charge in [-0.25, -0.2) is 4.99 Å². The zero-order valence-electron chi connectivity index (χ0n) is 13.8. The second-order valence-corrected chi connectivity index (χ2v) is 7.75. The molecule has 0 aromatic heterocycles. The Morgan fingerprint density at radius 3 is 1.95 bits per heavy atom. The average molecular weight is 270 g/mol. The maximum Gasteiger partial charge on any atom is 0.154 e. The minimum absolute atomic E-state index is 0.122. The van der Waals surface area contributed by atoms with Crippen LogP contribution in [-0.4, -0.2) is 18.1 Å². The van der Waals surface area contributed by atoms with Crippen molar-refractivity contribution < 1.29 is 0 Å². The second-order valence-electron chi connectivity index (χ2n) is 7.75. The summed E-state index contributed by atoms with van der Waals surface area (Å²) in [7, 11) is 0. The highest BCUT2D eigenvalue weighted by molar-refractivity contribution is 6.11. The molecule has 0 saturated carbocycles. The molecule has 0 atom stereocenters. The smallest absolute Gasteiger partial charge is 0.154 e. The highest BCUT2D eigenvalue weighted by Crippen LogP contribution is 2.34. The summed E-state index contributed by atoms with van der Waals surface area (Å²) in [5, 5.41) is 0. The molecule has 2 nitrogen and oxygen atoms in total. The van der Waals surface area contributed by atoms with Crippen molar-refractivity contribution in [1.29, 1.82) is 0 Å². The maximum atomic E-state index is 4.54. The monoisotopic (exact) mass is 270 g/mol. The molecule has 2 heteroatoms. The summed E-state index contributed by atoms with van der Waals surface area (Å²) in [5.41, 5.74) is 5.31. The Bertz CT molecular complexity index is 578. The lowest BCUT2D eigenvalue weighted by Crippen LogP contribution is -2.22. The Balaban J connectivity index is 2.56. The van der Waals surface area contributed by atoms with Gasteiger partial charge in [-0.3, -0.25) is 4.99 Å². The Hall–Kier alpha value is -1.44. The van der Waals surface area contributed by atoms with Gasteiger partial charge in [0.2, 0.25) is 0 Å². The highest BCUT2D eigenvalue weighted by atomic mass is 15.0. The topological polar surface area (TPSA) is 24.7 Å². The van der Waals surface area contributed by atoms with Crippen LogP contribution in [0.2, 0.25) is 0 Å². The molecule has 1 aliphatic heterocycles. The third kappa shape index (κ3) is 3.00. The van der Waals surface area contributed by atoms with E-state index in [1.54, 1.807) is 0 Å². The predicted octanol–water partition coefficient (Wildman–Crippen LogP) is 4.50. The molecule has 108 valence electrons. The predicted molar refractivity (Wildman–Crippen MR) is 88.4 cm³/mol. The summed E-state index contributed by atoms with van der Waals surface area (Å²) < 4.78 is 0. The Morgan fingerprint density at radius 2 is 1.50 bits per heavy atom. The lowest BCUT2D eigenvalue weighted by Gasteiger charge is -2.30. The van der Waals surface area contributed by atoms with Crippen LogP contribution in [-0.2, 0) is 10.8 Å². The van der Waals surface area contributed by atoms with E-state index < -0.39 is 0 Å². The van der Waals surface area contributed by atoms with Crippen LogP contribution in [0.3, 0.4) is 0 Å². The van der Waals surface area contributed by atoms with Crippen LogP contribution in [0.25, 0.3) is 0 Å². The number of benzene rings is 1. The summed E-state index contributed by atoms with van der Waals surface area (Å²) >= 11 is 0. The van der Waals surface area contributed by atoms with Gasteiger partial charge in [0, 0.05) is 11.3 Å². The first-order chi connectivity index (χ1) is 9.09. The van der Waals surface area contributed by atoms with Crippen LogP contribution in [0, 0.1) is 0 Å². The summed E-state index contributed by atoms with van der Waals surface area (Å²) in [4.78, 5) is 9.06. The Morgan fingerprint density at radius 1 is 0.900 bits per heavy atom. The fraction of sp³-hybridized carbons (Fsp3) is 0.556. The molecule has 2 rings (SSSR count). The maximum absolute atomic E-state index is 4.54. The van der Waals surface area contributed by atoms with E-state index in [0.717, 1.165) is 23.7 Å². The summed E-state index contributed by atoms with van der Waals surface area (Å²) in [5.74, 6) is 0.883. The van der Waals surface area contributed by atoms with Gasteiger partial charge in [0.1, 0.15) is 0 Å². The van der Waals surface area contributed by atoms with Crippen LogP contribution in [0.5, 0.6) is 0 Å². The highest BCUT2D eigenvalue weighted by Gasteiger charge is 2.26. The third-order valence-electron chi connectivity index (χ3n) is 3.65. The van der Waals surface area contributed by atoms with Crippen molar-refractivity contribution in [3.05, 3.63) is 34.9 Å². The Kier molecular flexibility index (Phi) is 3.62. The number of aliphatic imine (C=N–C) groups is 2. The van der Waals surface area contributed by atoms with Crippen LogP contribution < -0.4 is 0 Å². The minimum Gasteiger partial charge on any atom is -0.260 e. The van der Waals surface area contributed by atoms with Crippen LogP contribution >= 0.6 is 0 Å². The van der Waals surface area contributed by atoms with Crippen molar-refractivity contribution in [3.63, 3.8) is 0 Å². The van der Waals surface area contributed by atoms with E-state index in [1.165, 1.54) is 11.1 Å². The van der Waals surface area contributed by atoms with E-state index in [-0.39, 0.29) is 10.8 Å². The van der Waals surface area contributed by atoms with Gasteiger partial charge in [0.15, 0.2) is 5.84 Å². The van der Waals surface area contributed by atoms with E-state index in [9.17, 15) is 0 Å². The summed E-state index contributed by atoms with van der Waals surface area (Å²) in [6, 6.07) is 6.69. The van der Waals surface area contributed by atoms with Crippen LogP contribution in [0.15, 0.2) is 28.2 Å². The van der Waals surface area contributed by atoms with Crippen LogP contribution in [0.1, 0.15) is 65.2 Å². The molecule has 1 aliphatic rings. The lowest BCUT2D eigenvalue weighted by molar-refractivity contribution is 0.530. The van der Waals surface area contributed by atoms with Gasteiger partial charge < -0.3 is 0 Å². The fourth-order valence-corrected chi connectivity index (χ4v) is 2.55. The molecule has 0 N–H and O–H groups in total. The van der Waals surface area contributed by atoms with E-state index in [2.05, 4.69) is 69.7 Å². The average Bonchev–Trinajstić information content (AvgIpc) is 2.73. The second kappa shape index (κ2) is 4.83. The zero-order chi connectivity index (χ0) is 15.1. The van der Waals surface area contributed by atoms with Crippen molar-refractivity contribution >= 4 is 11.5 Å². The Labute approximate surface area is 123 Å². The number of nitrogens with zero attached hydrogens (tertiary/aromatic N) is 2. The first-order valence-electron chi connectivity index (χ1n) is 7.33. The van der Waals surface area contributed by atoms with E-state index in [1.807, 2.05) is 6.92 Å². The standard InChI is InChI=1S/C18H26N2/c1-12-11-19-16(20-12)13-8-9-14(17(2,3)4)15(10-13)18(5,6)7/h8-10H,11H2,1-7H3. The first kappa shape index (κ1) is 15.0. The molecule has 0 radical (unpaired) electrons. The molecule has 1 aromatic carbocycles. The van der Waals surface area contributed by atoms with Gasteiger partial charge in [-0.15, -0.1) is 0 Å². The first-order valence-corrected chi connectivity index (χ1v) is 7.33. The third-order valence-corrected chi connectivity index (χ3v) is 3.65. The molecule has 0 unspecified atom stereocenters. The van der Waals surface area contributed by atoms with Gasteiger partial charge in [-0.05, 0) is 34.9 Å². The quantitative estimate of drug-likeness (QED) is 0.717. The molecule has 20 heavy (non-hydrogen) atoms. The van der Waals surface area contributed by atoms with Crippen molar-refractivity contribution in [2.45, 2.75) is 59.3 Å². The normalized spacial score (nSPS) is 16.1. The number of hydrogen-bond acceptors (Lipinski definition) is 2. The van der Waals surface area contributed by atoms with Gasteiger partial charge in [-0.2, -0.15) is 0 Å². The molecule has 0 spiro atoms. The molecular formula is C18H26N2. The molecule has 0 bridgehead atoms. The van der Waals surface area contributed by atoms with Gasteiger partial charge in [-0.1, -0.05) is 53.7 Å². The molecule has 0 saturated heterocycles. The largest absolute Gasteiger partial charge is 0.260 e. The van der Waals surface area contributed by atoms with E-state index in [0.29, 0.717) is 0 Å². The van der Waals surface area contributed by atoms with Crippen molar-refractivity contribution in [2.75, 3.05) is 6.54 Å². The molecule has 1 heterocycles. The van der Waals surface area contributed by atoms with Gasteiger partial charge >= 0.3 is 0 Å². The number of hydrogen-bond donors (Lipinski definition) is 0. The molecule has 1 aromatic rings. The molecule has 0 amide bonds. The zero-order valence-corrected chi connectivity index (χ0v) is 13.8. The molecule has 0 fully saturated rings. The van der Waals surface area contributed by atoms with Crippen molar-refractivity contribution in [1.82, 2.24) is 0 Å².